The van der Waals surface area contributed by atoms with Crippen LogP contribution < -0.4 is 0 Å². The Labute approximate surface area is 242 Å². The average Bonchev–Trinajstić information content (AvgIpc) is 3.62. The fourth-order valence-corrected chi connectivity index (χ4v) is 6.70. The van der Waals surface area contributed by atoms with Gasteiger partial charge in [-0.1, -0.05) is 115 Å². The fraction of sp³-hybridized carbons (Fsp3) is 0. The summed E-state index contributed by atoms with van der Waals surface area (Å²) in [6.45, 7) is 0. The van der Waals surface area contributed by atoms with Crippen LogP contribution in [0.2, 0.25) is 0 Å². The van der Waals surface area contributed by atoms with Crippen LogP contribution in [-0.4, -0.2) is 4.57 Å². The molecule has 9 rings (SSSR count). The van der Waals surface area contributed by atoms with Crippen LogP contribution in [0.4, 0.5) is 0 Å². The first-order chi connectivity index (χ1) is 20.8. The molecule has 196 valence electrons. The maximum atomic E-state index is 6.64. The topological polar surface area (TPSA) is 18.1 Å². The molecule has 0 radical (unpaired) electrons. The summed E-state index contributed by atoms with van der Waals surface area (Å²) in [6, 6.07) is 54.2. The molecule has 9 aromatic rings. The Morgan fingerprint density at radius 1 is 0.429 bits per heavy atom. The molecular formula is C40H25NO. The van der Waals surface area contributed by atoms with Crippen molar-refractivity contribution in [1.82, 2.24) is 4.57 Å². The van der Waals surface area contributed by atoms with Crippen LogP contribution in [0, 0.1) is 0 Å². The van der Waals surface area contributed by atoms with Gasteiger partial charge in [0.25, 0.3) is 0 Å². The van der Waals surface area contributed by atoms with Gasteiger partial charge in [-0.05, 0) is 64.0 Å². The molecule has 0 atom stereocenters. The third-order valence-corrected chi connectivity index (χ3v) is 8.59. The first-order valence-corrected chi connectivity index (χ1v) is 14.4. The van der Waals surface area contributed by atoms with E-state index < -0.39 is 0 Å². The molecule has 0 aliphatic carbocycles. The van der Waals surface area contributed by atoms with E-state index in [1.54, 1.807) is 0 Å². The van der Waals surface area contributed by atoms with Gasteiger partial charge in [0.1, 0.15) is 11.2 Å². The van der Waals surface area contributed by atoms with Crippen molar-refractivity contribution < 1.29 is 4.42 Å². The van der Waals surface area contributed by atoms with E-state index in [2.05, 4.69) is 156 Å². The lowest BCUT2D eigenvalue weighted by Gasteiger charge is -2.11. The molecule has 7 aromatic carbocycles. The van der Waals surface area contributed by atoms with Gasteiger partial charge in [0.2, 0.25) is 0 Å². The number of hydrogen-bond acceptors (Lipinski definition) is 1. The maximum absolute atomic E-state index is 6.64. The molecule has 0 amide bonds. The zero-order chi connectivity index (χ0) is 27.6. The summed E-state index contributed by atoms with van der Waals surface area (Å²) >= 11 is 0. The van der Waals surface area contributed by atoms with E-state index in [-0.39, 0.29) is 0 Å². The minimum Gasteiger partial charge on any atom is -0.455 e. The van der Waals surface area contributed by atoms with Gasteiger partial charge < -0.3 is 8.98 Å². The fourth-order valence-electron chi connectivity index (χ4n) is 6.70. The van der Waals surface area contributed by atoms with Crippen LogP contribution >= 0.6 is 0 Å². The average molecular weight is 536 g/mol. The summed E-state index contributed by atoms with van der Waals surface area (Å²) in [5.41, 5.74) is 10.2. The van der Waals surface area contributed by atoms with Gasteiger partial charge in [-0.2, -0.15) is 0 Å². The minimum absolute atomic E-state index is 0.903. The molecule has 0 saturated carbocycles. The Kier molecular flexibility index (Phi) is 4.93. The summed E-state index contributed by atoms with van der Waals surface area (Å²) in [7, 11) is 0. The number of fused-ring (bicyclic) bond motifs is 9. The summed E-state index contributed by atoms with van der Waals surface area (Å²) in [6.07, 6.45) is 0. The summed E-state index contributed by atoms with van der Waals surface area (Å²) < 4.78 is 9.07. The molecule has 0 spiro atoms. The second-order valence-corrected chi connectivity index (χ2v) is 10.9. The highest BCUT2D eigenvalue weighted by Crippen LogP contribution is 2.45. The van der Waals surface area contributed by atoms with Crippen molar-refractivity contribution in [3.05, 3.63) is 152 Å². The van der Waals surface area contributed by atoms with Crippen molar-refractivity contribution in [2.24, 2.45) is 0 Å². The number of hydrogen-bond donors (Lipinski definition) is 0. The lowest BCUT2D eigenvalue weighted by Crippen LogP contribution is -1.94. The van der Waals surface area contributed by atoms with Crippen molar-refractivity contribution in [3.63, 3.8) is 0 Å². The van der Waals surface area contributed by atoms with Gasteiger partial charge in [-0.15, -0.1) is 0 Å². The van der Waals surface area contributed by atoms with Crippen molar-refractivity contribution in [2.45, 2.75) is 0 Å². The highest BCUT2D eigenvalue weighted by atomic mass is 16.3. The Morgan fingerprint density at radius 2 is 1.12 bits per heavy atom. The smallest absolute Gasteiger partial charge is 0.143 e. The van der Waals surface area contributed by atoms with E-state index in [4.69, 9.17) is 4.42 Å². The van der Waals surface area contributed by atoms with Crippen LogP contribution in [0.3, 0.4) is 0 Å². The second kappa shape index (κ2) is 8.95. The largest absolute Gasteiger partial charge is 0.455 e. The van der Waals surface area contributed by atoms with Gasteiger partial charge in [0, 0.05) is 27.2 Å². The molecule has 0 unspecified atom stereocenters. The molecule has 0 N–H and O–H groups in total. The van der Waals surface area contributed by atoms with E-state index in [1.165, 1.54) is 49.4 Å². The Morgan fingerprint density at radius 3 is 1.93 bits per heavy atom. The number of aromatic nitrogens is 1. The molecule has 0 saturated heterocycles. The van der Waals surface area contributed by atoms with E-state index in [0.717, 1.165) is 33.0 Å². The molecule has 2 aromatic heterocycles. The number of benzene rings is 7. The van der Waals surface area contributed by atoms with Crippen molar-refractivity contribution in [1.29, 1.82) is 0 Å². The third-order valence-electron chi connectivity index (χ3n) is 8.59. The number of nitrogens with zero attached hydrogens (tertiary/aromatic N) is 1. The van der Waals surface area contributed by atoms with Gasteiger partial charge in [-0.3, -0.25) is 0 Å². The molecule has 0 aliphatic heterocycles. The molecule has 2 heterocycles. The van der Waals surface area contributed by atoms with Gasteiger partial charge in [-0.25, -0.2) is 0 Å². The van der Waals surface area contributed by atoms with Gasteiger partial charge in [0.05, 0.1) is 16.4 Å². The summed E-state index contributed by atoms with van der Waals surface area (Å²) in [5.74, 6) is 0. The first-order valence-electron chi connectivity index (χ1n) is 14.4. The molecular weight excluding hydrogens is 510 g/mol. The predicted molar refractivity (Wildman–Crippen MR) is 176 cm³/mol. The minimum atomic E-state index is 0.903. The number of furan rings is 1. The highest BCUT2D eigenvalue weighted by molar-refractivity contribution is 6.28. The summed E-state index contributed by atoms with van der Waals surface area (Å²) in [5, 5.41) is 7.09. The molecule has 2 nitrogen and oxygen atoms in total. The van der Waals surface area contributed by atoms with Crippen molar-refractivity contribution >= 4 is 54.5 Å². The number of rotatable bonds is 3. The van der Waals surface area contributed by atoms with Crippen molar-refractivity contribution in [2.75, 3.05) is 0 Å². The highest BCUT2D eigenvalue weighted by Gasteiger charge is 2.21. The van der Waals surface area contributed by atoms with Crippen LogP contribution in [0.5, 0.6) is 0 Å². The van der Waals surface area contributed by atoms with Crippen LogP contribution in [0.1, 0.15) is 0 Å². The van der Waals surface area contributed by atoms with Gasteiger partial charge in [0.15, 0.2) is 0 Å². The monoisotopic (exact) mass is 535 g/mol. The normalized spacial score (nSPS) is 11.8. The third kappa shape index (κ3) is 3.33. The quantitative estimate of drug-likeness (QED) is 0.220. The lowest BCUT2D eigenvalue weighted by molar-refractivity contribution is 0.673. The standard InChI is InChI=1S/C40H25NO/c1-3-10-26(11-4-1)27-18-21-30(22-19-27)41-35-17-9-16-31(28-12-5-2-6-13-28)37(35)33-24-25-36-38(39(33)41)34-23-20-29-14-7-8-15-32(29)40(34)42-36/h1-25H. The first kappa shape index (κ1) is 23.1. The SMILES string of the molecule is c1ccc(-c2ccc(-n3c4cccc(-c5ccccc5)c4c4ccc5oc6c7ccccc7ccc6c5c43)cc2)cc1. The van der Waals surface area contributed by atoms with E-state index in [0.29, 0.717) is 0 Å². The maximum Gasteiger partial charge on any atom is 0.143 e. The molecule has 42 heavy (non-hydrogen) atoms. The molecule has 2 heteroatoms. The lowest BCUT2D eigenvalue weighted by atomic mass is 9.98. The Bertz CT molecular complexity index is 2430. The van der Waals surface area contributed by atoms with Crippen LogP contribution in [-0.2, 0) is 0 Å². The Balaban J connectivity index is 1.43. The van der Waals surface area contributed by atoms with E-state index >= 15 is 0 Å². The van der Waals surface area contributed by atoms with Gasteiger partial charge >= 0.3 is 0 Å². The van der Waals surface area contributed by atoms with E-state index in [1.807, 2.05) is 0 Å². The van der Waals surface area contributed by atoms with Crippen LogP contribution in [0.15, 0.2) is 156 Å². The molecule has 0 bridgehead atoms. The second-order valence-electron chi connectivity index (χ2n) is 10.9. The summed E-state index contributed by atoms with van der Waals surface area (Å²) in [4.78, 5) is 0. The van der Waals surface area contributed by atoms with Crippen LogP contribution in [0.25, 0.3) is 82.5 Å². The van der Waals surface area contributed by atoms with Crippen molar-refractivity contribution in [3.8, 4) is 27.9 Å². The Hall–Kier alpha value is -5.60. The molecule has 0 aliphatic rings. The zero-order valence-corrected chi connectivity index (χ0v) is 22.8. The van der Waals surface area contributed by atoms with E-state index in [9.17, 15) is 0 Å². The zero-order valence-electron chi connectivity index (χ0n) is 22.8. The predicted octanol–water partition coefficient (Wildman–Crippen LogP) is 11.2. The molecule has 0 fully saturated rings.